The average molecular weight is 607 g/mol. The van der Waals surface area contributed by atoms with Gasteiger partial charge < -0.3 is 25.0 Å². The number of anilines is 1. The summed E-state index contributed by atoms with van der Waals surface area (Å²) >= 11 is 0. The fraction of sp³-hybridized carbons (Fsp3) is 0.333. The van der Waals surface area contributed by atoms with Gasteiger partial charge in [-0.2, -0.15) is 0 Å². The minimum absolute atomic E-state index is 0.292. The average Bonchev–Trinajstić information content (AvgIpc) is 3.65. The molecule has 6 rings (SSSR count). The number of nitrogens with zero attached hydrogens (tertiary/aromatic N) is 2. The molecule has 0 bridgehead atoms. The summed E-state index contributed by atoms with van der Waals surface area (Å²) in [6.07, 6.45) is 10.9. The molecule has 3 N–H and O–H groups in total. The molecule has 0 spiro atoms. The van der Waals surface area contributed by atoms with Crippen LogP contribution in [0.15, 0.2) is 66.9 Å². The third-order valence-corrected chi connectivity index (χ3v) is 9.14. The van der Waals surface area contributed by atoms with E-state index in [1.54, 1.807) is 18.2 Å². The van der Waals surface area contributed by atoms with Crippen LogP contribution in [0.3, 0.4) is 0 Å². The fourth-order valence-electron chi connectivity index (χ4n) is 6.72. The van der Waals surface area contributed by atoms with E-state index in [2.05, 4.69) is 20.2 Å². The SMILES string of the molecule is CCOc1cc(NC(=O)C2(NC(=O)c3ccc4c(C5CCCC5)c(-c5ccccn5)n(C)c4c3)CCC2)ccc1/C=C/C(=O)O. The third-order valence-electron chi connectivity index (χ3n) is 9.14. The second kappa shape index (κ2) is 12.6. The van der Waals surface area contributed by atoms with Gasteiger partial charge in [-0.25, -0.2) is 4.79 Å². The third kappa shape index (κ3) is 5.94. The molecule has 2 aliphatic carbocycles. The van der Waals surface area contributed by atoms with Crippen LogP contribution in [0.2, 0.25) is 0 Å². The van der Waals surface area contributed by atoms with Crippen molar-refractivity contribution in [3.8, 4) is 17.1 Å². The molecule has 0 unspecified atom stereocenters. The first-order valence-corrected chi connectivity index (χ1v) is 15.6. The van der Waals surface area contributed by atoms with E-state index in [0.717, 1.165) is 47.6 Å². The van der Waals surface area contributed by atoms with E-state index >= 15 is 0 Å². The number of benzene rings is 2. The van der Waals surface area contributed by atoms with Crippen LogP contribution < -0.4 is 15.4 Å². The Morgan fingerprint density at radius 2 is 1.87 bits per heavy atom. The van der Waals surface area contributed by atoms with Gasteiger partial charge in [-0.1, -0.05) is 25.0 Å². The van der Waals surface area contributed by atoms with E-state index in [4.69, 9.17) is 9.84 Å². The summed E-state index contributed by atoms with van der Waals surface area (Å²) in [5.41, 5.74) is 4.86. The molecule has 0 saturated heterocycles. The topological polar surface area (TPSA) is 123 Å². The Morgan fingerprint density at radius 1 is 1.07 bits per heavy atom. The highest BCUT2D eigenvalue weighted by Gasteiger charge is 2.45. The Balaban J connectivity index is 1.26. The van der Waals surface area contributed by atoms with Crippen LogP contribution in [-0.2, 0) is 16.6 Å². The van der Waals surface area contributed by atoms with Gasteiger partial charge in [0.05, 0.1) is 18.0 Å². The highest BCUT2D eigenvalue weighted by Crippen LogP contribution is 2.44. The van der Waals surface area contributed by atoms with E-state index in [0.29, 0.717) is 47.9 Å². The molecule has 2 heterocycles. The predicted octanol–water partition coefficient (Wildman–Crippen LogP) is 6.69. The van der Waals surface area contributed by atoms with Gasteiger partial charge in [-0.3, -0.25) is 14.6 Å². The molecule has 0 radical (unpaired) electrons. The molecule has 4 aromatic rings. The number of hydrogen-bond donors (Lipinski definition) is 3. The lowest BCUT2D eigenvalue weighted by Gasteiger charge is -2.40. The Morgan fingerprint density at radius 3 is 2.53 bits per heavy atom. The van der Waals surface area contributed by atoms with E-state index < -0.39 is 11.5 Å². The lowest BCUT2D eigenvalue weighted by molar-refractivity contribution is -0.131. The first-order valence-electron chi connectivity index (χ1n) is 15.6. The number of carbonyl (C=O) groups is 3. The minimum Gasteiger partial charge on any atom is -0.493 e. The number of fused-ring (bicyclic) bond motifs is 1. The van der Waals surface area contributed by atoms with Crippen LogP contribution in [-0.4, -0.2) is 44.6 Å². The molecule has 45 heavy (non-hydrogen) atoms. The first kappa shape index (κ1) is 30.1. The van der Waals surface area contributed by atoms with Crippen molar-refractivity contribution in [2.75, 3.05) is 11.9 Å². The number of ether oxygens (including phenoxy) is 1. The number of amides is 2. The molecule has 0 aliphatic heterocycles. The second-order valence-corrected chi connectivity index (χ2v) is 12.0. The van der Waals surface area contributed by atoms with Crippen molar-refractivity contribution in [1.82, 2.24) is 14.9 Å². The minimum atomic E-state index is -1.06. The van der Waals surface area contributed by atoms with Crippen LogP contribution in [0.5, 0.6) is 5.75 Å². The van der Waals surface area contributed by atoms with Crippen molar-refractivity contribution in [3.63, 3.8) is 0 Å². The maximum absolute atomic E-state index is 13.7. The molecule has 2 aromatic carbocycles. The molecule has 2 saturated carbocycles. The number of rotatable bonds is 10. The Hall–Kier alpha value is -4.92. The number of aromatic nitrogens is 2. The molecular formula is C36H38N4O5. The van der Waals surface area contributed by atoms with Gasteiger partial charge in [0.25, 0.3) is 5.91 Å². The van der Waals surface area contributed by atoms with Crippen LogP contribution in [0.25, 0.3) is 28.4 Å². The van der Waals surface area contributed by atoms with Crippen molar-refractivity contribution in [1.29, 1.82) is 0 Å². The maximum Gasteiger partial charge on any atom is 0.328 e. The monoisotopic (exact) mass is 606 g/mol. The van der Waals surface area contributed by atoms with Gasteiger partial charge >= 0.3 is 5.97 Å². The zero-order valence-electron chi connectivity index (χ0n) is 25.6. The number of aryl methyl sites for hydroxylation is 1. The highest BCUT2D eigenvalue weighted by atomic mass is 16.5. The quantitative estimate of drug-likeness (QED) is 0.173. The van der Waals surface area contributed by atoms with Gasteiger partial charge in [-0.15, -0.1) is 0 Å². The van der Waals surface area contributed by atoms with E-state index in [1.807, 2.05) is 56.6 Å². The predicted molar refractivity (Wildman–Crippen MR) is 174 cm³/mol. The van der Waals surface area contributed by atoms with Gasteiger partial charge in [0.2, 0.25) is 5.91 Å². The molecule has 9 heteroatoms. The molecule has 0 atom stereocenters. The Labute approximate surface area is 262 Å². The number of aliphatic carboxylic acids is 1. The molecule has 2 fully saturated rings. The fourth-order valence-corrected chi connectivity index (χ4v) is 6.72. The summed E-state index contributed by atoms with van der Waals surface area (Å²) in [4.78, 5) is 43.0. The number of nitrogens with one attached hydrogen (secondary N) is 2. The molecule has 232 valence electrons. The summed E-state index contributed by atoms with van der Waals surface area (Å²) in [6, 6.07) is 16.9. The van der Waals surface area contributed by atoms with Gasteiger partial charge in [0, 0.05) is 53.1 Å². The van der Waals surface area contributed by atoms with Crippen LogP contribution >= 0.6 is 0 Å². The normalized spacial score (nSPS) is 16.0. The summed E-state index contributed by atoms with van der Waals surface area (Å²) in [5, 5.41) is 16.1. The first-order chi connectivity index (χ1) is 21.8. The second-order valence-electron chi connectivity index (χ2n) is 12.0. The lowest BCUT2D eigenvalue weighted by Crippen LogP contribution is -2.61. The summed E-state index contributed by atoms with van der Waals surface area (Å²) in [6.45, 7) is 2.21. The number of carbonyl (C=O) groups excluding carboxylic acids is 2. The smallest absolute Gasteiger partial charge is 0.328 e. The molecule has 9 nitrogen and oxygen atoms in total. The van der Waals surface area contributed by atoms with Crippen molar-refractivity contribution in [2.45, 2.75) is 63.3 Å². The Kier molecular flexibility index (Phi) is 8.43. The van der Waals surface area contributed by atoms with Crippen LogP contribution in [0, 0.1) is 0 Å². The number of carboxylic acids is 1. The molecule has 2 aliphatic rings. The largest absolute Gasteiger partial charge is 0.493 e. The molecule has 2 amide bonds. The van der Waals surface area contributed by atoms with Crippen LogP contribution in [0.1, 0.15) is 79.3 Å². The van der Waals surface area contributed by atoms with Crippen molar-refractivity contribution < 1.29 is 24.2 Å². The summed E-state index contributed by atoms with van der Waals surface area (Å²) in [7, 11) is 2.03. The zero-order valence-corrected chi connectivity index (χ0v) is 25.6. The van der Waals surface area contributed by atoms with Crippen molar-refractivity contribution in [3.05, 3.63) is 83.6 Å². The van der Waals surface area contributed by atoms with E-state index in [-0.39, 0.29) is 11.8 Å². The van der Waals surface area contributed by atoms with Crippen molar-refractivity contribution in [2.24, 2.45) is 7.05 Å². The standard InChI is InChI=1S/C36H38N4O5/c1-3-45-30-22-26(15-12-23(30)14-17-31(41)42)38-35(44)36(18-8-19-36)39-34(43)25-13-16-27-29(21-25)40(2)33(28-11-6-7-20-37-28)32(27)24-9-4-5-10-24/h6-7,11-17,20-22,24H,3-5,8-10,18-19H2,1-2H3,(H,38,44)(H,39,43)(H,41,42)/b17-14+. The number of pyridine rings is 1. The van der Waals surface area contributed by atoms with E-state index in [1.165, 1.54) is 24.5 Å². The van der Waals surface area contributed by atoms with Crippen molar-refractivity contribution >= 4 is 40.4 Å². The summed E-state index contributed by atoms with van der Waals surface area (Å²) in [5.74, 6) is -0.736. The number of hydrogen-bond acceptors (Lipinski definition) is 5. The molecular weight excluding hydrogens is 568 g/mol. The van der Waals surface area contributed by atoms with Gasteiger partial charge in [0.1, 0.15) is 11.3 Å². The van der Waals surface area contributed by atoms with Gasteiger partial charge in [-0.05, 0) is 93.0 Å². The Bertz CT molecular complexity index is 1780. The number of carboxylic acid groups (broad SMARTS) is 1. The lowest BCUT2D eigenvalue weighted by atomic mass is 9.75. The zero-order chi connectivity index (χ0) is 31.6. The van der Waals surface area contributed by atoms with Crippen LogP contribution in [0.4, 0.5) is 5.69 Å². The highest BCUT2D eigenvalue weighted by molar-refractivity contribution is 6.06. The maximum atomic E-state index is 13.7. The molecule has 2 aromatic heterocycles. The van der Waals surface area contributed by atoms with Gasteiger partial charge in [0.15, 0.2) is 0 Å². The van der Waals surface area contributed by atoms with E-state index in [9.17, 15) is 14.4 Å². The summed E-state index contributed by atoms with van der Waals surface area (Å²) < 4.78 is 7.84.